The minimum Gasteiger partial charge on any atom is -0.460 e. The zero-order chi connectivity index (χ0) is 18.6. The molecule has 4 rings (SSSR count). The van der Waals surface area contributed by atoms with E-state index in [1.165, 1.54) is 0 Å². The topological polar surface area (TPSA) is 49.2 Å². The standard InChI is InChI=1S/C21H29N3O3/c1-2-22-7-9-23(10-8-22)21(25)14-18-16-26-12-11-24(18)15-19-13-17-5-3-4-6-20(17)27-19/h3-6,13,18H,2,7-12,14-16H2,1H3/t18-/m1/s1. The van der Waals surface area contributed by atoms with Gasteiger partial charge in [-0.3, -0.25) is 9.69 Å². The minimum absolute atomic E-state index is 0.115. The summed E-state index contributed by atoms with van der Waals surface area (Å²) in [6.07, 6.45) is 0.520. The van der Waals surface area contributed by atoms with Crippen LogP contribution in [0, 0.1) is 0 Å². The van der Waals surface area contributed by atoms with E-state index in [1.807, 2.05) is 23.1 Å². The molecule has 3 heterocycles. The fourth-order valence-electron chi connectivity index (χ4n) is 4.04. The van der Waals surface area contributed by atoms with Gasteiger partial charge in [0.2, 0.25) is 5.91 Å². The Labute approximate surface area is 160 Å². The zero-order valence-corrected chi connectivity index (χ0v) is 16.1. The number of likely N-dealkylation sites (N-methyl/N-ethyl adjacent to an activating group) is 1. The largest absolute Gasteiger partial charge is 0.460 e. The number of benzene rings is 1. The van der Waals surface area contributed by atoms with E-state index in [-0.39, 0.29) is 11.9 Å². The molecule has 1 amide bonds. The van der Waals surface area contributed by atoms with Crippen LogP contribution in [-0.4, -0.2) is 79.1 Å². The van der Waals surface area contributed by atoms with Gasteiger partial charge in [0.15, 0.2) is 0 Å². The quantitative estimate of drug-likeness (QED) is 0.806. The van der Waals surface area contributed by atoms with Gasteiger partial charge in [0.25, 0.3) is 0 Å². The lowest BCUT2D eigenvalue weighted by Crippen LogP contribution is -2.51. The molecule has 146 valence electrons. The van der Waals surface area contributed by atoms with E-state index in [4.69, 9.17) is 9.15 Å². The van der Waals surface area contributed by atoms with Crippen molar-refractivity contribution >= 4 is 16.9 Å². The molecule has 1 atom stereocenters. The lowest BCUT2D eigenvalue weighted by Gasteiger charge is -2.38. The van der Waals surface area contributed by atoms with E-state index in [0.717, 1.165) is 62.5 Å². The van der Waals surface area contributed by atoms with Gasteiger partial charge in [0, 0.05) is 50.6 Å². The minimum atomic E-state index is 0.115. The van der Waals surface area contributed by atoms with E-state index < -0.39 is 0 Å². The first-order chi connectivity index (χ1) is 13.2. The van der Waals surface area contributed by atoms with Crippen LogP contribution < -0.4 is 0 Å². The van der Waals surface area contributed by atoms with Gasteiger partial charge in [-0.05, 0) is 18.7 Å². The Hall–Kier alpha value is -1.89. The van der Waals surface area contributed by atoms with Crippen LogP contribution in [0.3, 0.4) is 0 Å². The van der Waals surface area contributed by atoms with Crippen molar-refractivity contribution in [3.05, 3.63) is 36.1 Å². The van der Waals surface area contributed by atoms with Crippen molar-refractivity contribution in [2.75, 3.05) is 52.5 Å². The number of amides is 1. The van der Waals surface area contributed by atoms with Crippen LogP contribution in [0.5, 0.6) is 0 Å². The monoisotopic (exact) mass is 371 g/mol. The molecule has 1 aromatic heterocycles. The number of carbonyl (C=O) groups excluding carboxylic acids is 1. The molecular weight excluding hydrogens is 342 g/mol. The van der Waals surface area contributed by atoms with Gasteiger partial charge in [0.05, 0.1) is 19.8 Å². The van der Waals surface area contributed by atoms with Gasteiger partial charge in [0.1, 0.15) is 11.3 Å². The van der Waals surface area contributed by atoms with Crippen LogP contribution in [0.15, 0.2) is 34.7 Å². The number of morpholine rings is 1. The molecule has 2 aliphatic heterocycles. The molecular formula is C21H29N3O3. The van der Waals surface area contributed by atoms with Gasteiger partial charge >= 0.3 is 0 Å². The Morgan fingerprint density at radius 2 is 1.96 bits per heavy atom. The molecule has 0 saturated carbocycles. The summed E-state index contributed by atoms with van der Waals surface area (Å²) < 4.78 is 11.7. The van der Waals surface area contributed by atoms with Crippen molar-refractivity contribution in [3.8, 4) is 0 Å². The fraction of sp³-hybridized carbons (Fsp3) is 0.571. The number of para-hydroxylation sites is 1. The number of hydrogen-bond acceptors (Lipinski definition) is 5. The second kappa shape index (κ2) is 8.42. The molecule has 27 heavy (non-hydrogen) atoms. The molecule has 2 aromatic rings. The summed E-state index contributed by atoms with van der Waals surface area (Å²) in [4.78, 5) is 19.5. The Morgan fingerprint density at radius 1 is 1.15 bits per heavy atom. The van der Waals surface area contributed by atoms with E-state index >= 15 is 0 Å². The molecule has 0 spiro atoms. The molecule has 2 fully saturated rings. The first-order valence-corrected chi connectivity index (χ1v) is 10.0. The number of furan rings is 1. The van der Waals surface area contributed by atoms with Crippen molar-refractivity contribution in [3.63, 3.8) is 0 Å². The average Bonchev–Trinajstić information content (AvgIpc) is 3.12. The smallest absolute Gasteiger partial charge is 0.224 e. The molecule has 2 aliphatic rings. The van der Waals surface area contributed by atoms with Crippen LogP contribution in [0.25, 0.3) is 11.0 Å². The molecule has 0 unspecified atom stereocenters. The third kappa shape index (κ3) is 4.34. The molecule has 0 aliphatic carbocycles. The van der Waals surface area contributed by atoms with E-state index in [1.54, 1.807) is 0 Å². The number of hydrogen-bond donors (Lipinski definition) is 0. The summed E-state index contributed by atoms with van der Waals surface area (Å²) in [5.74, 6) is 1.20. The number of piperazine rings is 1. The second-order valence-electron chi connectivity index (χ2n) is 7.47. The highest BCUT2D eigenvalue weighted by Crippen LogP contribution is 2.22. The Kier molecular flexibility index (Phi) is 5.76. The third-order valence-corrected chi connectivity index (χ3v) is 5.77. The van der Waals surface area contributed by atoms with Crippen molar-refractivity contribution < 1.29 is 13.9 Å². The maximum atomic E-state index is 12.8. The predicted octanol–water partition coefficient (Wildman–Crippen LogP) is 2.19. The van der Waals surface area contributed by atoms with Crippen LogP contribution in [0.4, 0.5) is 0 Å². The predicted molar refractivity (Wildman–Crippen MR) is 105 cm³/mol. The van der Waals surface area contributed by atoms with E-state index in [9.17, 15) is 4.79 Å². The van der Waals surface area contributed by atoms with Gasteiger partial charge in [-0.1, -0.05) is 25.1 Å². The summed E-state index contributed by atoms with van der Waals surface area (Å²) in [6.45, 7) is 9.74. The van der Waals surface area contributed by atoms with Crippen LogP contribution in [0.2, 0.25) is 0 Å². The van der Waals surface area contributed by atoms with Crippen LogP contribution >= 0.6 is 0 Å². The lowest BCUT2D eigenvalue weighted by molar-refractivity contribution is -0.136. The number of rotatable bonds is 5. The van der Waals surface area contributed by atoms with Gasteiger partial charge in [-0.25, -0.2) is 0 Å². The molecule has 0 N–H and O–H groups in total. The van der Waals surface area contributed by atoms with Crippen molar-refractivity contribution in [1.29, 1.82) is 0 Å². The highest BCUT2D eigenvalue weighted by Gasteiger charge is 2.29. The summed E-state index contributed by atoms with van der Waals surface area (Å²) in [5.41, 5.74) is 0.919. The highest BCUT2D eigenvalue weighted by molar-refractivity contribution is 5.78. The lowest BCUT2D eigenvalue weighted by atomic mass is 10.1. The Bertz CT molecular complexity index is 734. The normalized spacial score (nSPS) is 22.4. The number of fused-ring (bicyclic) bond motifs is 1. The highest BCUT2D eigenvalue weighted by atomic mass is 16.5. The first-order valence-electron chi connectivity index (χ1n) is 10.0. The summed E-state index contributed by atoms with van der Waals surface area (Å²) in [5, 5.41) is 1.13. The fourth-order valence-corrected chi connectivity index (χ4v) is 4.04. The first kappa shape index (κ1) is 18.5. The third-order valence-electron chi connectivity index (χ3n) is 5.77. The van der Waals surface area contributed by atoms with Crippen LogP contribution in [0.1, 0.15) is 19.1 Å². The molecule has 6 nitrogen and oxygen atoms in total. The summed E-state index contributed by atoms with van der Waals surface area (Å²) >= 11 is 0. The number of nitrogens with zero attached hydrogens (tertiary/aromatic N) is 3. The average molecular weight is 371 g/mol. The summed E-state index contributed by atoms with van der Waals surface area (Å²) in [7, 11) is 0. The maximum Gasteiger partial charge on any atom is 0.224 e. The zero-order valence-electron chi connectivity index (χ0n) is 16.1. The van der Waals surface area contributed by atoms with Gasteiger partial charge in [-0.15, -0.1) is 0 Å². The number of ether oxygens (including phenoxy) is 1. The molecule has 1 aromatic carbocycles. The van der Waals surface area contributed by atoms with Gasteiger partial charge < -0.3 is 19.0 Å². The molecule has 2 saturated heterocycles. The Morgan fingerprint density at radius 3 is 2.74 bits per heavy atom. The SMILES string of the molecule is CCN1CCN(C(=O)C[C@@H]2COCCN2Cc2cc3ccccc3o2)CC1. The Balaban J connectivity index is 1.38. The molecule has 0 bridgehead atoms. The van der Waals surface area contributed by atoms with Gasteiger partial charge in [-0.2, -0.15) is 0 Å². The van der Waals surface area contributed by atoms with Crippen LogP contribution in [-0.2, 0) is 16.1 Å². The molecule has 0 radical (unpaired) electrons. The number of carbonyl (C=O) groups is 1. The van der Waals surface area contributed by atoms with Crippen molar-refractivity contribution in [2.24, 2.45) is 0 Å². The maximum absolute atomic E-state index is 12.8. The van der Waals surface area contributed by atoms with Crippen molar-refractivity contribution in [2.45, 2.75) is 25.9 Å². The second-order valence-corrected chi connectivity index (χ2v) is 7.47. The van der Waals surface area contributed by atoms with Crippen molar-refractivity contribution in [1.82, 2.24) is 14.7 Å². The van der Waals surface area contributed by atoms with E-state index in [0.29, 0.717) is 19.6 Å². The molecule has 6 heteroatoms. The van der Waals surface area contributed by atoms with E-state index in [2.05, 4.69) is 28.9 Å². The summed E-state index contributed by atoms with van der Waals surface area (Å²) in [6, 6.07) is 10.3.